The van der Waals surface area contributed by atoms with E-state index in [0.29, 0.717) is 6.61 Å². The minimum Gasteiger partial charge on any atom is -0.464 e. The van der Waals surface area contributed by atoms with E-state index in [1.807, 2.05) is 6.92 Å². The second-order valence-electron chi connectivity index (χ2n) is 4.29. The van der Waals surface area contributed by atoms with Crippen LogP contribution in [0.3, 0.4) is 0 Å². The average molecular weight is 198 g/mol. The van der Waals surface area contributed by atoms with Crippen molar-refractivity contribution < 1.29 is 14.3 Å². The van der Waals surface area contributed by atoms with Gasteiger partial charge < -0.3 is 9.47 Å². The molecule has 0 aromatic heterocycles. The van der Waals surface area contributed by atoms with Crippen molar-refractivity contribution in [1.29, 1.82) is 0 Å². The minimum absolute atomic E-state index is 0.108. The van der Waals surface area contributed by atoms with Crippen molar-refractivity contribution in [3.63, 3.8) is 0 Å². The second kappa shape index (κ2) is 3.89. The average Bonchev–Trinajstić information content (AvgIpc) is 2.90. The van der Waals surface area contributed by atoms with Crippen molar-refractivity contribution in [3.8, 4) is 0 Å². The van der Waals surface area contributed by atoms with Crippen molar-refractivity contribution in [3.05, 3.63) is 0 Å². The van der Waals surface area contributed by atoms with Crippen molar-refractivity contribution in [2.75, 3.05) is 6.61 Å². The highest BCUT2D eigenvalue weighted by Crippen LogP contribution is 2.48. The van der Waals surface area contributed by atoms with Gasteiger partial charge in [-0.2, -0.15) is 0 Å². The van der Waals surface area contributed by atoms with Crippen molar-refractivity contribution in [2.24, 2.45) is 0 Å². The van der Waals surface area contributed by atoms with Crippen LogP contribution in [0.1, 0.15) is 45.4 Å². The number of carbonyl (C=O) groups excluding carboxylic acids is 1. The third-order valence-corrected chi connectivity index (χ3v) is 3.14. The fraction of sp³-hybridized carbons (Fsp3) is 0.909. The third-order valence-electron chi connectivity index (χ3n) is 3.14. The van der Waals surface area contributed by atoms with Gasteiger partial charge in [-0.3, -0.25) is 0 Å². The molecule has 0 radical (unpaired) electrons. The van der Waals surface area contributed by atoms with Gasteiger partial charge in [-0.25, -0.2) is 4.79 Å². The van der Waals surface area contributed by atoms with E-state index in [1.54, 1.807) is 0 Å². The molecule has 1 unspecified atom stereocenters. The maximum absolute atomic E-state index is 11.5. The molecule has 0 aromatic rings. The van der Waals surface area contributed by atoms with Crippen LogP contribution in [0.4, 0.5) is 0 Å². The predicted octanol–water partition coefficient (Wildman–Crippen LogP) is 2.04. The molecule has 1 aliphatic carbocycles. The molecule has 14 heavy (non-hydrogen) atoms. The van der Waals surface area contributed by atoms with E-state index in [9.17, 15) is 4.79 Å². The normalized spacial score (nSPS) is 28.8. The van der Waals surface area contributed by atoms with Gasteiger partial charge in [0.05, 0.1) is 6.61 Å². The largest absolute Gasteiger partial charge is 0.464 e. The second-order valence-corrected chi connectivity index (χ2v) is 4.29. The molecule has 3 heteroatoms. The molecule has 3 nitrogen and oxygen atoms in total. The van der Waals surface area contributed by atoms with Crippen LogP contribution in [0, 0.1) is 0 Å². The summed E-state index contributed by atoms with van der Waals surface area (Å²) in [6.45, 7) is 2.52. The van der Waals surface area contributed by atoms with E-state index < -0.39 is 0 Å². The highest BCUT2D eigenvalue weighted by molar-refractivity contribution is 5.79. The van der Waals surface area contributed by atoms with Gasteiger partial charge in [0.15, 0.2) is 6.10 Å². The Balaban J connectivity index is 1.81. The highest BCUT2D eigenvalue weighted by Gasteiger charge is 2.61. The summed E-state index contributed by atoms with van der Waals surface area (Å²) < 4.78 is 10.6. The molecule has 2 fully saturated rings. The number of ether oxygens (including phenoxy) is 2. The Morgan fingerprint density at radius 2 is 2.14 bits per heavy atom. The lowest BCUT2D eigenvalue weighted by atomic mass is 9.86. The van der Waals surface area contributed by atoms with Gasteiger partial charge >= 0.3 is 5.97 Å². The van der Waals surface area contributed by atoms with Crippen molar-refractivity contribution >= 4 is 5.97 Å². The summed E-state index contributed by atoms with van der Waals surface area (Å²) in [5.41, 5.74) is -0.108. The smallest absolute Gasteiger partial charge is 0.338 e. The van der Waals surface area contributed by atoms with E-state index >= 15 is 0 Å². The number of esters is 1. The lowest BCUT2D eigenvalue weighted by Crippen LogP contribution is -2.25. The van der Waals surface area contributed by atoms with Gasteiger partial charge in [-0.05, 0) is 19.3 Å². The molecular formula is C11H18O3. The molecule has 1 heterocycles. The van der Waals surface area contributed by atoms with E-state index in [4.69, 9.17) is 9.47 Å². The summed E-state index contributed by atoms with van der Waals surface area (Å²) in [5, 5.41) is 0. The first-order valence-corrected chi connectivity index (χ1v) is 5.63. The fourth-order valence-electron chi connectivity index (χ4n) is 2.27. The number of hydrogen-bond donors (Lipinski definition) is 0. The van der Waals surface area contributed by atoms with Crippen LogP contribution in [-0.2, 0) is 14.3 Å². The molecule has 0 bridgehead atoms. The quantitative estimate of drug-likeness (QED) is 0.514. The molecule has 80 valence electrons. The van der Waals surface area contributed by atoms with Gasteiger partial charge in [0, 0.05) is 0 Å². The monoisotopic (exact) mass is 198 g/mol. The first-order chi connectivity index (χ1) is 6.78. The van der Waals surface area contributed by atoms with Crippen molar-refractivity contribution in [2.45, 2.75) is 57.2 Å². The molecule has 1 atom stereocenters. The Kier molecular flexibility index (Phi) is 2.77. The maximum atomic E-state index is 11.5. The number of carbonyl (C=O) groups is 1. The molecule has 1 spiro atoms. The Morgan fingerprint density at radius 3 is 2.79 bits per heavy atom. The number of rotatable bonds is 3. The van der Waals surface area contributed by atoms with Gasteiger partial charge in [-0.1, -0.05) is 26.2 Å². The van der Waals surface area contributed by atoms with Gasteiger partial charge in [-0.15, -0.1) is 0 Å². The number of hydrogen-bond acceptors (Lipinski definition) is 3. The zero-order chi connectivity index (χ0) is 10.0. The van der Waals surface area contributed by atoms with Crippen LogP contribution in [0.2, 0.25) is 0 Å². The Labute approximate surface area is 84.8 Å². The molecular weight excluding hydrogens is 180 g/mol. The van der Waals surface area contributed by atoms with Crippen molar-refractivity contribution in [1.82, 2.24) is 0 Å². The molecule has 1 saturated heterocycles. The summed E-state index contributed by atoms with van der Waals surface area (Å²) in [6, 6.07) is 0. The molecule has 0 amide bonds. The molecule has 0 N–H and O–H groups in total. The standard InChI is InChI=1S/C11H18O3/c1-2-8-13-10(12)9-11(14-9)6-4-3-5-7-11/h9H,2-8H2,1H3. The topological polar surface area (TPSA) is 38.8 Å². The van der Waals surface area contributed by atoms with Crippen LogP contribution in [-0.4, -0.2) is 24.3 Å². The van der Waals surface area contributed by atoms with E-state index in [2.05, 4.69) is 0 Å². The predicted molar refractivity (Wildman–Crippen MR) is 51.9 cm³/mol. The number of epoxide rings is 1. The van der Waals surface area contributed by atoms with Crippen LogP contribution < -0.4 is 0 Å². The summed E-state index contributed by atoms with van der Waals surface area (Å²) in [7, 11) is 0. The van der Waals surface area contributed by atoms with Crippen LogP contribution in [0.5, 0.6) is 0 Å². The Bertz CT molecular complexity index is 219. The minimum atomic E-state index is -0.241. The zero-order valence-corrected chi connectivity index (χ0v) is 8.75. The van der Waals surface area contributed by atoms with Gasteiger partial charge in [0.2, 0.25) is 0 Å². The first kappa shape index (κ1) is 9.97. The molecule has 1 aliphatic heterocycles. The van der Waals surface area contributed by atoms with Crippen LogP contribution in [0.25, 0.3) is 0 Å². The summed E-state index contributed by atoms with van der Waals surface area (Å²) in [6.07, 6.45) is 6.38. The zero-order valence-electron chi connectivity index (χ0n) is 8.75. The SMILES string of the molecule is CCCOC(=O)C1OC12CCCCC2. The van der Waals surface area contributed by atoms with E-state index in [1.165, 1.54) is 19.3 Å². The Hall–Kier alpha value is -0.570. The molecule has 0 aromatic carbocycles. The Morgan fingerprint density at radius 1 is 1.43 bits per heavy atom. The molecule has 2 rings (SSSR count). The summed E-state index contributed by atoms with van der Waals surface area (Å²) in [4.78, 5) is 11.5. The third kappa shape index (κ3) is 1.78. The maximum Gasteiger partial charge on any atom is 0.338 e. The van der Waals surface area contributed by atoms with E-state index in [0.717, 1.165) is 19.3 Å². The lowest BCUT2D eigenvalue weighted by Gasteiger charge is -2.17. The van der Waals surface area contributed by atoms with Crippen LogP contribution in [0.15, 0.2) is 0 Å². The molecule has 2 aliphatic rings. The fourth-order valence-corrected chi connectivity index (χ4v) is 2.27. The molecule has 1 saturated carbocycles. The van der Waals surface area contributed by atoms with Crippen LogP contribution >= 0.6 is 0 Å². The van der Waals surface area contributed by atoms with Gasteiger partial charge in [0.25, 0.3) is 0 Å². The summed E-state index contributed by atoms with van der Waals surface area (Å²) in [5.74, 6) is -0.145. The van der Waals surface area contributed by atoms with Gasteiger partial charge in [0.1, 0.15) is 5.60 Å². The lowest BCUT2D eigenvalue weighted by molar-refractivity contribution is -0.145. The first-order valence-electron chi connectivity index (χ1n) is 5.63. The van der Waals surface area contributed by atoms with E-state index in [-0.39, 0.29) is 17.7 Å². The summed E-state index contributed by atoms with van der Waals surface area (Å²) >= 11 is 0. The highest BCUT2D eigenvalue weighted by atomic mass is 16.7.